The molecule has 0 fully saturated rings. The van der Waals surface area contributed by atoms with Crippen molar-refractivity contribution < 1.29 is 0 Å². The molecule has 0 aromatic heterocycles. The zero-order valence-corrected chi connectivity index (χ0v) is 15.8. The lowest BCUT2D eigenvalue weighted by molar-refractivity contribution is 1.20. The first-order valence-electron chi connectivity index (χ1n) is 8.31. The Balaban J connectivity index is 2.34. The summed E-state index contributed by atoms with van der Waals surface area (Å²) in [5.74, 6) is 0. The van der Waals surface area contributed by atoms with E-state index in [1.807, 2.05) is 0 Å². The maximum Gasteiger partial charge on any atom is 0.0416 e. The molecule has 2 rings (SSSR count). The Morgan fingerprint density at radius 1 is 0.696 bits per heavy atom. The minimum absolute atomic E-state index is 1.17. The van der Waals surface area contributed by atoms with Crippen LogP contribution in [-0.2, 0) is 0 Å². The third-order valence-electron chi connectivity index (χ3n) is 5.15. The van der Waals surface area contributed by atoms with E-state index in [1.54, 1.807) is 0 Å². The molecule has 0 unspecified atom stereocenters. The molecule has 2 aromatic rings. The van der Waals surface area contributed by atoms with Gasteiger partial charge >= 0.3 is 0 Å². The summed E-state index contributed by atoms with van der Waals surface area (Å²) in [4.78, 5) is 0. The summed E-state index contributed by atoms with van der Waals surface area (Å²) < 4.78 is 0. The van der Waals surface area contributed by atoms with E-state index in [1.165, 1.54) is 55.9 Å². The van der Waals surface area contributed by atoms with Gasteiger partial charge in [0.25, 0.3) is 0 Å². The molecule has 0 atom stereocenters. The fourth-order valence-corrected chi connectivity index (χ4v) is 2.99. The van der Waals surface area contributed by atoms with Crippen molar-refractivity contribution in [2.24, 2.45) is 0 Å². The highest BCUT2D eigenvalue weighted by Gasteiger charge is 2.07. The van der Waals surface area contributed by atoms with Crippen molar-refractivity contribution in [1.82, 2.24) is 0 Å². The normalized spacial score (nSPS) is 11.7. The van der Waals surface area contributed by atoms with Gasteiger partial charge in [-0.2, -0.15) is 0 Å². The van der Waals surface area contributed by atoms with Crippen LogP contribution in [0.3, 0.4) is 0 Å². The minimum Gasteiger partial charge on any atom is -0.359 e. The van der Waals surface area contributed by atoms with E-state index >= 15 is 0 Å². The Hall–Kier alpha value is -2.02. The number of benzene rings is 2. The molecule has 0 spiro atoms. The first kappa shape index (κ1) is 17.3. The van der Waals surface area contributed by atoms with Crippen LogP contribution < -0.4 is 5.32 Å². The van der Waals surface area contributed by atoms with Crippen LogP contribution in [0.4, 0.5) is 5.69 Å². The lowest BCUT2D eigenvalue weighted by Crippen LogP contribution is -2.02. The van der Waals surface area contributed by atoms with Crippen LogP contribution in [0.2, 0.25) is 0 Å². The maximum atomic E-state index is 3.58. The molecule has 122 valence electrons. The molecule has 0 heterocycles. The molecular formula is C22H29N. The van der Waals surface area contributed by atoms with Gasteiger partial charge in [0.05, 0.1) is 0 Å². The van der Waals surface area contributed by atoms with E-state index in [4.69, 9.17) is 0 Å². The van der Waals surface area contributed by atoms with Crippen molar-refractivity contribution in [3.63, 3.8) is 0 Å². The van der Waals surface area contributed by atoms with Gasteiger partial charge in [-0.1, -0.05) is 12.1 Å². The van der Waals surface area contributed by atoms with Gasteiger partial charge in [0, 0.05) is 11.4 Å². The van der Waals surface area contributed by atoms with Crippen LogP contribution in [-0.4, -0.2) is 0 Å². The van der Waals surface area contributed by atoms with E-state index in [0.29, 0.717) is 0 Å². The second-order valence-corrected chi connectivity index (χ2v) is 6.85. The lowest BCUT2D eigenvalue weighted by Gasteiger charge is -2.16. The van der Waals surface area contributed by atoms with Crippen LogP contribution in [0.1, 0.15) is 51.4 Å². The zero-order chi connectivity index (χ0) is 17.3. The van der Waals surface area contributed by atoms with Gasteiger partial charge < -0.3 is 5.32 Å². The topological polar surface area (TPSA) is 12.0 Å². The number of rotatable bonds is 3. The molecule has 2 aromatic carbocycles. The average molecular weight is 307 g/mol. The molecule has 1 N–H and O–H groups in total. The predicted molar refractivity (Wildman–Crippen MR) is 103 cm³/mol. The molecular weight excluding hydrogens is 278 g/mol. The summed E-state index contributed by atoms with van der Waals surface area (Å²) in [6, 6.07) is 6.76. The molecule has 23 heavy (non-hydrogen) atoms. The highest BCUT2D eigenvalue weighted by atomic mass is 14.9. The Morgan fingerprint density at radius 2 is 1.22 bits per heavy atom. The minimum atomic E-state index is 1.17. The second kappa shape index (κ2) is 6.62. The average Bonchev–Trinajstić information content (AvgIpc) is 2.48. The number of hydrogen-bond donors (Lipinski definition) is 1. The van der Waals surface area contributed by atoms with Gasteiger partial charge in [-0.3, -0.25) is 0 Å². The van der Waals surface area contributed by atoms with Crippen molar-refractivity contribution >= 4 is 11.8 Å². The monoisotopic (exact) mass is 307 g/mol. The smallest absolute Gasteiger partial charge is 0.0416 e. The molecule has 1 heteroatoms. The molecule has 0 saturated carbocycles. The van der Waals surface area contributed by atoms with Gasteiger partial charge in [-0.15, -0.1) is 0 Å². The number of anilines is 1. The van der Waals surface area contributed by atoms with E-state index in [-0.39, 0.29) is 0 Å². The third kappa shape index (κ3) is 3.67. The highest BCUT2D eigenvalue weighted by Crippen LogP contribution is 2.26. The molecule has 1 nitrogen and oxygen atoms in total. The lowest BCUT2D eigenvalue weighted by atomic mass is 9.97. The number of allylic oxidation sites excluding steroid dienone is 1. The van der Waals surface area contributed by atoms with E-state index < -0.39 is 0 Å². The van der Waals surface area contributed by atoms with E-state index in [9.17, 15) is 0 Å². The molecule has 0 saturated heterocycles. The molecule has 0 aliphatic heterocycles. The zero-order valence-electron chi connectivity index (χ0n) is 15.8. The van der Waals surface area contributed by atoms with Gasteiger partial charge in [-0.05, 0) is 112 Å². The first-order valence-corrected chi connectivity index (χ1v) is 8.31. The quantitative estimate of drug-likeness (QED) is 0.699. The summed E-state index contributed by atoms with van der Waals surface area (Å²) in [5.41, 5.74) is 13.1. The first-order chi connectivity index (χ1) is 10.7. The van der Waals surface area contributed by atoms with Crippen LogP contribution >= 0.6 is 0 Å². The maximum absolute atomic E-state index is 3.58. The second-order valence-electron chi connectivity index (χ2n) is 6.85. The molecule has 0 aliphatic rings. The van der Waals surface area contributed by atoms with Crippen molar-refractivity contribution in [2.75, 3.05) is 5.32 Å². The fourth-order valence-electron chi connectivity index (χ4n) is 2.99. The SMILES string of the molecule is CC(=Cc1cc(C)c(C)c(C)c1)Nc1cc(C)c(C)c(C)c1C. The van der Waals surface area contributed by atoms with Crippen molar-refractivity contribution in [1.29, 1.82) is 0 Å². The van der Waals surface area contributed by atoms with Gasteiger partial charge in [0.1, 0.15) is 0 Å². The van der Waals surface area contributed by atoms with Crippen LogP contribution in [0.25, 0.3) is 6.08 Å². The van der Waals surface area contributed by atoms with Gasteiger partial charge in [0.2, 0.25) is 0 Å². The molecule has 0 aliphatic carbocycles. The number of nitrogens with one attached hydrogen (secondary N) is 1. The molecule has 0 bridgehead atoms. The largest absolute Gasteiger partial charge is 0.359 e. The Kier molecular flexibility index (Phi) is 4.99. The van der Waals surface area contributed by atoms with Crippen molar-refractivity contribution in [2.45, 2.75) is 55.4 Å². The van der Waals surface area contributed by atoms with E-state index in [2.05, 4.69) is 85.0 Å². The van der Waals surface area contributed by atoms with Crippen LogP contribution in [0.15, 0.2) is 23.9 Å². The van der Waals surface area contributed by atoms with Gasteiger partial charge in [0.15, 0.2) is 0 Å². The van der Waals surface area contributed by atoms with Crippen LogP contribution in [0, 0.1) is 48.5 Å². The molecule has 0 amide bonds. The summed E-state index contributed by atoms with van der Waals surface area (Å²) >= 11 is 0. The Morgan fingerprint density at radius 3 is 1.78 bits per heavy atom. The van der Waals surface area contributed by atoms with E-state index in [0.717, 1.165) is 0 Å². The third-order valence-corrected chi connectivity index (χ3v) is 5.15. The van der Waals surface area contributed by atoms with Crippen molar-refractivity contribution in [3.05, 3.63) is 68.4 Å². The highest BCUT2D eigenvalue weighted by molar-refractivity contribution is 5.65. The fraction of sp³-hybridized carbons (Fsp3) is 0.364. The van der Waals surface area contributed by atoms with Crippen LogP contribution in [0.5, 0.6) is 0 Å². The Labute approximate surface area is 141 Å². The van der Waals surface area contributed by atoms with Crippen molar-refractivity contribution in [3.8, 4) is 0 Å². The van der Waals surface area contributed by atoms with Gasteiger partial charge in [-0.25, -0.2) is 0 Å². The summed E-state index contributed by atoms with van der Waals surface area (Å²) in [6.45, 7) is 17.4. The number of hydrogen-bond acceptors (Lipinski definition) is 1. The summed E-state index contributed by atoms with van der Waals surface area (Å²) in [7, 11) is 0. The predicted octanol–water partition coefficient (Wildman–Crippen LogP) is 6.32. The summed E-state index contributed by atoms with van der Waals surface area (Å²) in [6.07, 6.45) is 2.23. The standard InChI is InChI=1S/C22H29N/c1-13-9-21(10-14(2)17(13)5)12-16(4)23-22-11-15(3)18(6)19(7)20(22)8/h9-12,23H,1-8H3. The Bertz CT molecular complexity index is 756. The number of aryl methyl sites for hydroxylation is 3. The summed E-state index contributed by atoms with van der Waals surface area (Å²) in [5, 5.41) is 3.58. The molecule has 0 radical (unpaired) electrons.